The van der Waals surface area contributed by atoms with E-state index in [0.29, 0.717) is 24.5 Å². The van der Waals surface area contributed by atoms with Crippen LogP contribution in [0.4, 0.5) is 13.2 Å². The van der Waals surface area contributed by atoms with E-state index in [2.05, 4.69) is 0 Å². The molecular weight excluding hydrogens is 326 g/mol. The van der Waals surface area contributed by atoms with Crippen molar-refractivity contribution in [1.29, 1.82) is 0 Å². The van der Waals surface area contributed by atoms with Gasteiger partial charge in [0.2, 0.25) is 0 Å². The van der Waals surface area contributed by atoms with Crippen molar-refractivity contribution in [2.24, 2.45) is 5.73 Å². The van der Waals surface area contributed by atoms with Gasteiger partial charge in [-0.3, -0.25) is 0 Å². The molecule has 1 aromatic carbocycles. The Bertz CT molecular complexity index is 614. The molecule has 0 aliphatic heterocycles. The molecule has 7 heteroatoms. The van der Waals surface area contributed by atoms with Crippen LogP contribution in [0.2, 0.25) is 10.0 Å². The molecule has 0 unspecified atom stereocenters. The summed E-state index contributed by atoms with van der Waals surface area (Å²) in [4.78, 5) is 0. The average Bonchev–Trinajstić information content (AvgIpc) is 2.83. The van der Waals surface area contributed by atoms with E-state index in [1.807, 2.05) is 0 Å². The molecule has 1 heterocycles. The van der Waals surface area contributed by atoms with Crippen LogP contribution < -0.4 is 5.73 Å². The van der Waals surface area contributed by atoms with Crippen LogP contribution in [0.25, 0.3) is 11.3 Å². The van der Waals surface area contributed by atoms with Gasteiger partial charge in [0.25, 0.3) is 0 Å². The zero-order valence-electron chi connectivity index (χ0n) is 10.8. The Labute approximate surface area is 129 Å². The van der Waals surface area contributed by atoms with E-state index in [0.717, 1.165) is 18.6 Å². The number of halogens is 5. The summed E-state index contributed by atoms with van der Waals surface area (Å²) in [6.07, 6.45) is -3.10. The van der Waals surface area contributed by atoms with Crippen molar-refractivity contribution in [3.63, 3.8) is 0 Å². The highest BCUT2D eigenvalue weighted by Crippen LogP contribution is 2.41. The molecule has 0 spiro atoms. The molecule has 2 N–H and O–H groups in total. The van der Waals surface area contributed by atoms with Crippen LogP contribution in [-0.2, 0) is 12.6 Å². The van der Waals surface area contributed by atoms with Crippen LogP contribution in [0.1, 0.15) is 17.7 Å². The Morgan fingerprint density at radius 1 is 1.10 bits per heavy atom. The number of nitrogens with two attached hydrogens (primary N) is 1. The van der Waals surface area contributed by atoms with Crippen LogP contribution in [0.15, 0.2) is 28.7 Å². The van der Waals surface area contributed by atoms with E-state index >= 15 is 0 Å². The van der Waals surface area contributed by atoms with Crippen molar-refractivity contribution < 1.29 is 17.6 Å². The lowest BCUT2D eigenvalue weighted by atomic mass is 10.1. The molecule has 0 saturated heterocycles. The summed E-state index contributed by atoms with van der Waals surface area (Å²) in [5.41, 5.74) is 4.77. The summed E-state index contributed by atoms with van der Waals surface area (Å²) in [5, 5.41) is -0.205. The van der Waals surface area contributed by atoms with E-state index in [1.54, 1.807) is 12.1 Å². The fourth-order valence-corrected chi connectivity index (χ4v) is 2.57. The Balaban J connectivity index is 2.38. The predicted octanol–water partition coefficient (Wildman–Crippen LogP) is 5.16. The lowest BCUT2D eigenvalue weighted by Crippen LogP contribution is -2.05. The van der Waals surface area contributed by atoms with Gasteiger partial charge in [0.05, 0.1) is 21.2 Å². The van der Waals surface area contributed by atoms with E-state index in [1.165, 1.54) is 0 Å². The lowest BCUT2D eigenvalue weighted by molar-refractivity contribution is -0.137. The highest BCUT2D eigenvalue weighted by Gasteiger charge is 2.32. The normalized spacial score (nSPS) is 11.9. The standard InChI is InChI=1S/C14H12Cl2F3NO/c15-10-6-8(14(17,18)19)7-11(16)13(10)12-4-3-9(21-12)2-1-5-20/h3-4,6-7H,1-2,5,20H2. The second-order valence-corrected chi connectivity index (χ2v) is 5.29. The van der Waals surface area contributed by atoms with Gasteiger partial charge < -0.3 is 10.2 Å². The fraction of sp³-hybridized carbons (Fsp3) is 0.286. The maximum Gasteiger partial charge on any atom is 0.416 e. The zero-order chi connectivity index (χ0) is 15.6. The number of aryl methyl sites for hydroxylation is 1. The van der Waals surface area contributed by atoms with Crippen LogP contribution in [0.5, 0.6) is 0 Å². The number of hydrogen-bond acceptors (Lipinski definition) is 2. The number of benzene rings is 1. The zero-order valence-corrected chi connectivity index (χ0v) is 12.3. The maximum atomic E-state index is 12.7. The first-order valence-electron chi connectivity index (χ1n) is 6.18. The van der Waals surface area contributed by atoms with Gasteiger partial charge in [-0.05, 0) is 37.2 Å². The summed E-state index contributed by atoms with van der Waals surface area (Å²) in [7, 11) is 0. The minimum atomic E-state index is -4.50. The molecule has 1 aromatic heterocycles. The number of hydrogen-bond donors (Lipinski definition) is 1. The van der Waals surface area contributed by atoms with E-state index in [-0.39, 0.29) is 15.6 Å². The molecule has 0 bridgehead atoms. The molecule has 0 saturated carbocycles. The van der Waals surface area contributed by atoms with Gasteiger partial charge in [0.1, 0.15) is 11.5 Å². The molecule has 0 amide bonds. The van der Waals surface area contributed by atoms with Gasteiger partial charge >= 0.3 is 6.18 Å². The van der Waals surface area contributed by atoms with Crippen molar-refractivity contribution in [2.45, 2.75) is 19.0 Å². The molecule has 2 rings (SSSR count). The largest absolute Gasteiger partial charge is 0.461 e. The third-order valence-electron chi connectivity index (χ3n) is 2.90. The average molecular weight is 338 g/mol. The molecule has 2 nitrogen and oxygen atoms in total. The monoisotopic (exact) mass is 337 g/mol. The fourth-order valence-electron chi connectivity index (χ4n) is 1.90. The van der Waals surface area contributed by atoms with Crippen LogP contribution in [0.3, 0.4) is 0 Å². The van der Waals surface area contributed by atoms with Crippen molar-refractivity contribution >= 4 is 23.2 Å². The molecule has 0 aliphatic rings. The summed E-state index contributed by atoms with van der Waals surface area (Å²) >= 11 is 11.8. The predicted molar refractivity (Wildman–Crippen MR) is 76.5 cm³/mol. The highest BCUT2D eigenvalue weighted by atomic mass is 35.5. The number of furan rings is 1. The Morgan fingerprint density at radius 2 is 1.71 bits per heavy atom. The highest BCUT2D eigenvalue weighted by molar-refractivity contribution is 6.39. The molecule has 0 atom stereocenters. The Hall–Kier alpha value is -1.17. The molecule has 0 fully saturated rings. The Morgan fingerprint density at radius 3 is 2.24 bits per heavy atom. The quantitative estimate of drug-likeness (QED) is 0.836. The first-order chi connectivity index (χ1) is 9.82. The summed E-state index contributed by atoms with van der Waals surface area (Å²) in [6, 6.07) is 5.04. The van der Waals surface area contributed by atoms with E-state index in [9.17, 15) is 13.2 Å². The molecule has 2 aromatic rings. The first kappa shape index (κ1) is 16.2. The van der Waals surface area contributed by atoms with Gasteiger partial charge in [-0.25, -0.2) is 0 Å². The Kier molecular flexibility index (Phi) is 4.86. The van der Waals surface area contributed by atoms with Crippen LogP contribution in [0, 0.1) is 0 Å². The second-order valence-electron chi connectivity index (χ2n) is 4.47. The minimum Gasteiger partial charge on any atom is -0.461 e. The lowest BCUT2D eigenvalue weighted by Gasteiger charge is -2.11. The van der Waals surface area contributed by atoms with E-state index in [4.69, 9.17) is 33.4 Å². The van der Waals surface area contributed by atoms with Crippen molar-refractivity contribution in [2.75, 3.05) is 6.54 Å². The summed E-state index contributed by atoms with van der Waals surface area (Å²) in [6.45, 7) is 0.526. The minimum absolute atomic E-state index is 0.102. The first-order valence-corrected chi connectivity index (χ1v) is 6.94. The van der Waals surface area contributed by atoms with Crippen molar-refractivity contribution in [3.8, 4) is 11.3 Å². The number of rotatable bonds is 4. The topological polar surface area (TPSA) is 39.2 Å². The van der Waals surface area contributed by atoms with Gasteiger partial charge in [0.15, 0.2) is 0 Å². The smallest absolute Gasteiger partial charge is 0.416 e. The van der Waals surface area contributed by atoms with Gasteiger partial charge in [-0.1, -0.05) is 23.2 Å². The van der Waals surface area contributed by atoms with Gasteiger partial charge in [-0.2, -0.15) is 13.2 Å². The third kappa shape index (κ3) is 3.73. The van der Waals surface area contributed by atoms with Gasteiger partial charge in [-0.15, -0.1) is 0 Å². The summed E-state index contributed by atoms with van der Waals surface area (Å²) < 4.78 is 43.6. The summed E-state index contributed by atoms with van der Waals surface area (Å²) in [5.74, 6) is 1.02. The van der Waals surface area contributed by atoms with E-state index < -0.39 is 11.7 Å². The van der Waals surface area contributed by atoms with Gasteiger partial charge in [0, 0.05) is 6.42 Å². The molecule has 0 radical (unpaired) electrons. The van der Waals surface area contributed by atoms with Crippen molar-refractivity contribution in [3.05, 3.63) is 45.6 Å². The number of alkyl halides is 3. The second kappa shape index (κ2) is 6.30. The maximum absolute atomic E-state index is 12.7. The van der Waals surface area contributed by atoms with Crippen LogP contribution in [-0.4, -0.2) is 6.54 Å². The third-order valence-corrected chi connectivity index (χ3v) is 3.50. The molecule has 114 valence electrons. The SMILES string of the molecule is NCCCc1ccc(-c2c(Cl)cc(C(F)(F)F)cc2Cl)o1. The molecular formula is C14H12Cl2F3NO. The molecule has 21 heavy (non-hydrogen) atoms. The molecule has 0 aliphatic carbocycles. The van der Waals surface area contributed by atoms with Crippen LogP contribution >= 0.6 is 23.2 Å². The van der Waals surface area contributed by atoms with Crippen molar-refractivity contribution in [1.82, 2.24) is 0 Å².